The minimum atomic E-state index is -0.229. The molecule has 1 unspecified atom stereocenters. The van der Waals surface area contributed by atoms with Crippen molar-refractivity contribution in [2.45, 2.75) is 78.2 Å². The third kappa shape index (κ3) is 4.60. The van der Waals surface area contributed by atoms with E-state index in [1.807, 2.05) is 22.6 Å². The van der Waals surface area contributed by atoms with Gasteiger partial charge in [0, 0.05) is 37.7 Å². The highest BCUT2D eigenvalue weighted by molar-refractivity contribution is 6.06. The summed E-state index contributed by atoms with van der Waals surface area (Å²) in [7, 11) is 0. The molecule has 0 spiro atoms. The Bertz CT molecular complexity index is 1000. The molecule has 7 heteroatoms. The molecular weight excluding hydrogens is 390 g/mol. The molecule has 1 aliphatic heterocycles. The van der Waals surface area contributed by atoms with Gasteiger partial charge in [-0.05, 0) is 65.4 Å². The molecular formula is C24H35N5O2. The van der Waals surface area contributed by atoms with Crippen LogP contribution in [0.2, 0.25) is 0 Å². The fourth-order valence-electron chi connectivity index (χ4n) is 4.50. The predicted molar refractivity (Wildman–Crippen MR) is 121 cm³/mol. The van der Waals surface area contributed by atoms with Crippen molar-refractivity contribution in [1.29, 1.82) is 0 Å². The largest absolute Gasteiger partial charge is 0.351 e. The van der Waals surface area contributed by atoms with Crippen LogP contribution < -0.4 is 5.32 Å². The summed E-state index contributed by atoms with van der Waals surface area (Å²) in [6.07, 6.45) is 4.82. The van der Waals surface area contributed by atoms with E-state index in [1.54, 1.807) is 0 Å². The molecule has 2 aromatic rings. The summed E-state index contributed by atoms with van der Waals surface area (Å²) >= 11 is 0. The van der Waals surface area contributed by atoms with E-state index in [4.69, 9.17) is 10.1 Å². The summed E-state index contributed by atoms with van der Waals surface area (Å²) in [6.45, 7) is 12.4. The summed E-state index contributed by atoms with van der Waals surface area (Å²) in [5, 5.41) is 8.51. The number of nitrogens with one attached hydrogen (secondary N) is 1. The lowest BCUT2D eigenvalue weighted by molar-refractivity contribution is -0.132. The molecule has 0 radical (unpaired) electrons. The molecule has 2 amide bonds. The van der Waals surface area contributed by atoms with E-state index < -0.39 is 0 Å². The van der Waals surface area contributed by atoms with Gasteiger partial charge < -0.3 is 10.2 Å². The average molecular weight is 426 g/mol. The van der Waals surface area contributed by atoms with E-state index in [0.717, 1.165) is 54.8 Å². The number of piperidine rings is 1. The summed E-state index contributed by atoms with van der Waals surface area (Å²) < 4.78 is 1.93. The molecule has 0 aromatic carbocycles. The van der Waals surface area contributed by atoms with Crippen molar-refractivity contribution in [3.8, 4) is 0 Å². The highest BCUT2D eigenvalue weighted by atomic mass is 16.2. The first-order chi connectivity index (χ1) is 14.6. The Morgan fingerprint density at radius 2 is 1.97 bits per heavy atom. The number of aromatic nitrogens is 3. The van der Waals surface area contributed by atoms with Gasteiger partial charge in [-0.15, -0.1) is 0 Å². The van der Waals surface area contributed by atoms with Crippen LogP contribution in [0.25, 0.3) is 11.0 Å². The lowest BCUT2D eigenvalue weighted by Crippen LogP contribution is -2.40. The first-order valence-electron chi connectivity index (χ1n) is 11.6. The molecule has 31 heavy (non-hydrogen) atoms. The SMILES string of the molecule is Cc1nn(C(C)(C)C)c2nc(C3CC3)cc(C(=O)NCCC(=O)N3CCCC(C)C3)c12. The first kappa shape index (κ1) is 21.8. The second kappa shape index (κ2) is 8.24. The lowest BCUT2D eigenvalue weighted by atomic mass is 10.00. The van der Waals surface area contributed by atoms with Gasteiger partial charge in [-0.3, -0.25) is 9.59 Å². The van der Waals surface area contributed by atoms with Crippen molar-refractivity contribution in [3.05, 3.63) is 23.0 Å². The van der Waals surface area contributed by atoms with E-state index in [2.05, 4.69) is 33.0 Å². The minimum absolute atomic E-state index is 0.127. The highest BCUT2D eigenvalue weighted by Gasteiger charge is 2.30. The molecule has 3 heterocycles. The Morgan fingerprint density at radius 1 is 1.23 bits per heavy atom. The van der Waals surface area contributed by atoms with Gasteiger partial charge in [0.25, 0.3) is 5.91 Å². The lowest BCUT2D eigenvalue weighted by Gasteiger charge is -2.31. The standard InChI is InChI=1S/C24H35N5O2/c1-15-7-6-12-28(14-15)20(30)10-11-25-23(31)18-13-19(17-8-9-17)26-22-21(18)16(2)27-29(22)24(3,4)5/h13,15,17H,6-12,14H2,1-5H3,(H,25,31). The van der Waals surface area contributed by atoms with E-state index in [9.17, 15) is 9.59 Å². The molecule has 1 atom stereocenters. The van der Waals surface area contributed by atoms with Crippen LogP contribution in [0.5, 0.6) is 0 Å². The summed E-state index contributed by atoms with van der Waals surface area (Å²) in [5.74, 6) is 0.968. The number of rotatable bonds is 5. The number of hydrogen-bond donors (Lipinski definition) is 1. The molecule has 168 valence electrons. The topological polar surface area (TPSA) is 80.1 Å². The van der Waals surface area contributed by atoms with Crippen LogP contribution in [0.1, 0.15) is 87.5 Å². The van der Waals surface area contributed by atoms with Gasteiger partial charge in [0.05, 0.1) is 22.2 Å². The Balaban J connectivity index is 1.53. The first-order valence-corrected chi connectivity index (χ1v) is 11.6. The molecule has 7 nitrogen and oxygen atoms in total. The summed E-state index contributed by atoms with van der Waals surface area (Å²) in [4.78, 5) is 32.6. The van der Waals surface area contributed by atoms with Crippen LogP contribution in [0, 0.1) is 12.8 Å². The van der Waals surface area contributed by atoms with Crippen molar-refractivity contribution < 1.29 is 9.59 Å². The van der Waals surface area contributed by atoms with Gasteiger partial charge in [0.1, 0.15) is 0 Å². The number of nitrogens with zero attached hydrogens (tertiary/aromatic N) is 4. The predicted octanol–water partition coefficient (Wildman–Crippen LogP) is 3.75. The fourth-order valence-corrected chi connectivity index (χ4v) is 4.50. The second-order valence-corrected chi connectivity index (χ2v) is 10.3. The number of pyridine rings is 1. The fraction of sp³-hybridized carbons (Fsp3) is 0.667. The molecule has 1 N–H and O–H groups in total. The number of likely N-dealkylation sites (tertiary alicyclic amines) is 1. The van der Waals surface area contributed by atoms with Crippen molar-refractivity contribution >= 4 is 22.8 Å². The van der Waals surface area contributed by atoms with Gasteiger partial charge in [-0.1, -0.05) is 6.92 Å². The molecule has 1 saturated carbocycles. The molecule has 2 aliphatic rings. The van der Waals surface area contributed by atoms with Crippen LogP contribution in [0.4, 0.5) is 0 Å². The zero-order chi connectivity index (χ0) is 22.3. The Kier molecular flexibility index (Phi) is 5.79. The van der Waals surface area contributed by atoms with Gasteiger partial charge >= 0.3 is 0 Å². The van der Waals surface area contributed by atoms with Gasteiger partial charge in [0.15, 0.2) is 5.65 Å². The highest BCUT2D eigenvalue weighted by Crippen LogP contribution is 2.41. The van der Waals surface area contributed by atoms with Gasteiger partial charge in [-0.25, -0.2) is 9.67 Å². The Hall–Kier alpha value is -2.44. The molecule has 0 bridgehead atoms. The quantitative estimate of drug-likeness (QED) is 0.791. The van der Waals surface area contributed by atoms with Crippen LogP contribution in [-0.4, -0.2) is 51.1 Å². The summed E-state index contributed by atoms with van der Waals surface area (Å²) in [5.41, 5.74) is 2.95. The van der Waals surface area contributed by atoms with E-state index in [1.165, 1.54) is 6.42 Å². The second-order valence-electron chi connectivity index (χ2n) is 10.3. The molecule has 1 saturated heterocycles. The maximum Gasteiger partial charge on any atom is 0.252 e. The van der Waals surface area contributed by atoms with Crippen LogP contribution >= 0.6 is 0 Å². The Morgan fingerprint density at radius 3 is 2.61 bits per heavy atom. The normalized spacial score (nSPS) is 19.6. The van der Waals surface area contributed by atoms with Crippen LogP contribution in [-0.2, 0) is 10.3 Å². The number of carbonyl (C=O) groups excluding carboxylic acids is 2. The number of amides is 2. The minimum Gasteiger partial charge on any atom is -0.351 e. The van der Waals surface area contributed by atoms with E-state index >= 15 is 0 Å². The van der Waals surface area contributed by atoms with Crippen molar-refractivity contribution in [2.24, 2.45) is 5.92 Å². The molecule has 1 aliphatic carbocycles. The maximum atomic E-state index is 13.2. The number of carbonyl (C=O) groups is 2. The Labute approximate surface area is 184 Å². The number of hydrogen-bond acceptors (Lipinski definition) is 4. The molecule has 2 aromatic heterocycles. The van der Waals surface area contributed by atoms with E-state index in [0.29, 0.717) is 30.4 Å². The zero-order valence-corrected chi connectivity index (χ0v) is 19.5. The average Bonchev–Trinajstić information content (AvgIpc) is 3.50. The van der Waals surface area contributed by atoms with Crippen LogP contribution in [0.3, 0.4) is 0 Å². The third-order valence-corrected chi connectivity index (χ3v) is 6.34. The zero-order valence-electron chi connectivity index (χ0n) is 19.5. The molecule has 2 fully saturated rings. The number of aryl methyl sites for hydroxylation is 1. The smallest absolute Gasteiger partial charge is 0.252 e. The molecule has 4 rings (SSSR count). The maximum absolute atomic E-state index is 13.2. The number of fused-ring (bicyclic) bond motifs is 1. The van der Waals surface area contributed by atoms with Gasteiger partial charge in [0.2, 0.25) is 5.91 Å². The van der Waals surface area contributed by atoms with Crippen molar-refractivity contribution in [3.63, 3.8) is 0 Å². The van der Waals surface area contributed by atoms with E-state index in [-0.39, 0.29) is 17.4 Å². The van der Waals surface area contributed by atoms with Gasteiger partial charge in [-0.2, -0.15) is 5.10 Å². The third-order valence-electron chi connectivity index (χ3n) is 6.34. The summed E-state index contributed by atoms with van der Waals surface area (Å²) in [6, 6.07) is 1.94. The monoisotopic (exact) mass is 425 g/mol. The van der Waals surface area contributed by atoms with Crippen molar-refractivity contribution in [1.82, 2.24) is 25.0 Å². The van der Waals surface area contributed by atoms with Crippen LogP contribution in [0.15, 0.2) is 6.07 Å². The van der Waals surface area contributed by atoms with Crippen molar-refractivity contribution in [2.75, 3.05) is 19.6 Å².